The molecular formula is C16H24N2O4S. The van der Waals surface area contributed by atoms with Crippen LogP contribution in [0, 0.1) is 0 Å². The first-order valence-electron chi connectivity index (χ1n) is 7.78. The molecule has 1 N–H and O–H groups in total. The fourth-order valence-electron chi connectivity index (χ4n) is 2.71. The Morgan fingerprint density at radius 1 is 1.39 bits per heavy atom. The Balaban J connectivity index is 2.04. The summed E-state index contributed by atoms with van der Waals surface area (Å²) in [4.78, 5) is 26.8. The molecule has 0 spiro atoms. The van der Waals surface area contributed by atoms with Crippen LogP contribution in [0.5, 0.6) is 0 Å². The third-order valence-electron chi connectivity index (χ3n) is 3.69. The van der Waals surface area contributed by atoms with Gasteiger partial charge in [-0.05, 0) is 44.4 Å². The molecule has 128 valence electrons. The molecule has 0 unspecified atom stereocenters. The van der Waals surface area contributed by atoms with Crippen molar-refractivity contribution in [2.75, 3.05) is 25.1 Å². The minimum atomic E-state index is -0.544. The summed E-state index contributed by atoms with van der Waals surface area (Å²) in [5, 5.41) is 2.80. The number of morpholine rings is 1. The zero-order valence-corrected chi connectivity index (χ0v) is 14.6. The number of thioether (sulfide) groups is 1. The van der Waals surface area contributed by atoms with Crippen molar-refractivity contribution in [2.24, 2.45) is 0 Å². The molecule has 1 fully saturated rings. The lowest BCUT2D eigenvalue weighted by Gasteiger charge is -2.37. The van der Waals surface area contributed by atoms with Crippen molar-refractivity contribution in [3.8, 4) is 0 Å². The van der Waals surface area contributed by atoms with Crippen LogP contribution in [0.3, 0.4) is 0 Å². The number of rotatable bonds is 6. The molecule has 2 heterocycles. The van der Waals surface area contributed by atoms with Crippen LogP contribution in [-0.2, 0) is 9.53 Å². The Hall–Kier alpha value is -1.47. The molecule has 0 aromatic carbocycles. The average molecular weight is 340 g/mol. The van der Waals surface area contributed by atoms with E-state index in [2.05, 4.69) is 5.32 Å². The molecule has 7 heteroatoms. The number of carbonyl (C=O) groups is 2. The van der Waals surface area contributed by atoms with Crippen molar-refractivity contribution in [1.29, 1.82) is 0 Å². The normalized spacial score (nSPS) is 22.7. The Labute approximate surface area is 140 Å². The van der Waals surface area contributed by atoms with Crippen LogP contribution in [0.2, 0.25) is 0 Å². The quantitative estimate of drug-likeness (QED) is 0.854. The molecule has 0 bridgehead atoms. The largest absolute Gasteiger partial charge is 0.459 e. The van der Waals surface area contributed by atoms with Gasteiger partial charge < -0.3 is 19.4 Å². The number of amides is 2. The third-order valence-corrected chi connectivity index (χ3v) is 4.33. The summed E-state index contributed by atoms with van der Waals surface area (Å²) >= 11 is 1.65. The van der Waals surface area contributed by atoms with Gasteiger partial charge in [0, 0.05) is 13.1 Å². The molecule has 0 radical (unpaired) electrons. The molecule has 1 aromatic rings. The van der Waals surface area contributed by atoms with Gasteiger partial charge in [0.1, 0.15) is 6.04 Å². The highest BCUT2D eigenvalue weighted by Crippen LogP contribution is 2.14. The minimum Gasteiger partial charge on any atom is -0.459 e. The van der Waals surface area contributed by atoms with Gasteiger partial charge >= 0.3 is 0 Å². The molecule has 1 aliphatic heterocycles. The maximum atomic E-state index is 12.8. The van der Waals surface area contributed by atoms with E-state index in [-0.39, 0.29) is 29.8 Å². The molecule has 2 amide bonds. The van der Waals surface area contributed by atoms with Crippen LogP contribution in [0.15, 0.2) is 22.8 Å². The van der Waals surface area contributed by atoms with E-state index in [1.54, 1.807) is 28.8 Å². The van der Waals surface area contributed by atoms with Crippen LogP contribution >= 0.6 is 11.8 Å². The minimum absolute atomic E-state index is 0.00433. The van der Waals surface area contributed by atoms with Crippen molar-refractivity contribution >= 4 is 23.6 Å². The highest BCUT2D eigenvalue weighted by molar-refractivity contribution is 7.98. The molecular weight excluding hydrogens is 316 g/mol. The second kappa shape index (κ2) is 8.40. The predicted octanol–water partition coefficient (Wildman–Crippen LogP) is 1.77. The van der Waals surface area contributed by atoms with Crippen molar-refractivity contribution in [3.63, 3.8) is 0 Å². The molecule has 2 rings (SSSR count). The van der Waals surface area contributed by atoms with Crippen molar-refractivity contribution < 1.29 is 18.7 Å². The van der Waals surface area contributed by atoms with Gasteiger partial charge in [-0.15, -0.1) is 0 Å². The zero-order chi connectivity index (χ0) is 16.8. The summed E-state index contributed by atoms with van der Waals surface area (Å²) in [5.41, 5.74) is 0. The first-order chi connectivity index (χ1) is 11.0. The molecule has 3 atom stereocenters. The molecule has 6 nitrogen and oxygen atoms in total. The summed E-state index contributed by atoms with van der Waals surface area (Å²) in [7, 11) is 0. The van der Waals surface area contributed by atoms with E-state index >= 15 is 0 Å². The highest BCUT2D eigenvalue weighted by atomic mass is 32.2. The van der Waals surface area contributed by atoms with E-state index in [0.29, 0.717) is 19.5 Å². The number of nitrogens with one attached hydrogen (secondary N) is 1. The maximum Gasteiger partial charge on any atom is 0.287 e. The van der Waals surface area contributed by atoms with Crippen molar-refractivity contribution in [3.05, 3.63) is 24.2 Å². The summed E-state index contributed by atoms with van der Waals surface area (Å²) in [6.45, 7) is 5.01. The van der Waals surface area contributed by atoms with Gasteiger partial charge in [0.05, 0.1) is 18.5 Å². The first-order valence-corrected chi connectivity index (χ1v) is 9.18. The zero-order valence-electron chi connectivity index (χ0n) is 13.8. The lowest BCUT2D eigenvalue weighted by molar-refractivity contribution is -0.145. The number of hydrogen-bond acceptors (Lipinski definition) is 5. The fraction of sp³-hybridized carbons (Fsp3) is 0.625. The van der Waals surface area contributed by atoms with Crippen LogP contribution < -0.4 is 5.32 Å². The van der Waals surface area contributed by atoms with Gasteiger partial charge in [-0.2, -0.15) is 11.8 Å². The Morgan fingerprint density at radius 3 is 2.65 bits per heavy atom. The fourth-order valence-corrected chi connectivity index (χ4v) is 3.18. The molecule has 1 aliphatic rings. The van der Waals surface area contributed by atoms with Crippen LogP contribution in [0.4, 0.5) is 0 Å². The van der Waals surface area contributed by atoms with E-state index in [4.69, 9.17) is 9.15 Å². The van der Waals surface area contributed by atoms with Gasteiger partial charge in [-0.3, -0.25) is 9.59 Å². The number of carbonyl (C=O) groups excluding carboxylic acids is 2. The number of furan rings is 1. The Bertz CT molecular complexity index is 510. The third kappa shape index (κ3) is 5.00. The maximum absolute atomic E-state index is 12.8. The SMILES string of the molecule is CSCC[C@H](NC(=O)c1ccco1)C(=O)N1C[C@@H](C)O[C@H](C)C1. The molecule has 0 saturated carbocycles. The van der Waals surface area contributed by atoms with Gasteiger partial charge in [-0.25, -0.2) is 0 Å². The number of ether oxygens (including phenoxy) is 1. The summed E-state index contributed by atoms with van der Waals surface area (Å²) < 4.78 is 10.8. The van der Waals surface area contributed by atoms with Gasteiger partial charge in [0.15, 0.2) is 5.76 Å². The Morgan fingerprint density at radius 2 is 2.09 bits per heavy atom. The number of hydrogen-bond donors (Lipinski definition) is 1. The Kier molecular flexibility index (Phi) is 6.53. The van der Waals surface area contributed by atoms with E-state index in [1.807, 2.05) is 20.1 Å². The average Bonchev–Trinajstić information content (AvgIpc) is 3.04. The predicted molar refractivity (Wildman–Crippen MR) is 89.6 cm³/mol. The van der Waals surface area contributed by atoms with Crippen LogP contribution in [0.1, 0.15) is 30.8 Å². The lowest BCUT2D eigenvalue weighted by Crippen LogP contribution is -2.55. The molecule has 1 saturated heterocycles. The van der Waals surface area contributed by atoms with Gasteiger partial charge in [0.2, 0.25) is 5.91 Å². The summed E-state index contributed by atoms with van der Waals surface area (Å²) in [6.07, 6.45) is 4.02. The van der Waals surface area contributed by atoms with Crippen molar-refractivity contribution in [2.45, 2.75) is 38.5 Å². The van der Waals surface area contributed by atoms with Gasteiger partial charge in [-0.1, -0.05) is 0 Å². The molecule has 23 heavy (non-hydrogen) atoms. The topological polar surface area (TPSA) is 71.8 Å². The van der Waals surface area contributed by atoms with E-state index in [0.717, 1.165) is 5.75 Å². The molecule has 1 aromatic heterocycles. The van der Waals surface area contributed by atoms with E-state index in [1.165, 1.54) is 6.26 Å². The van der Waals surface area contributed by atoms with Crippen LogP contribution in [-0.4, -0.2) is 60.1 Å². The monoisotopic (exact) mass is 340 g/mol. The molecule has 0 aliphatic carbocycles. The summed E-state index contributed by atoms with van der Waals surface area (Å²) in [6, 6.07) is 2.70. The second-order valence-electron chi connectivity index (χ2n) is 5.79. The smallest absolute Gasteiger partial charge is 0.287 e. The highest BCUT2D eigenvalue weighted by Gasteiger charge is 2.31. The van der Waals surface area contributed by atoms with Crippen molar-refractivity contribution in [1.82, 2.24) is 10.2 Å². The summed E-state index contributed by atoms with van der Waals surface area (Å²) in [5.74, 6) is 0.602. The van der Waals surface area contributed by atoms with E-state index in [9.17, 15) is 9.59 Å². The first kappa shape index (κ1) is 17.9. The lowest BCUT2D eigenvalue weighted by atomic mass is 10.1. The van der Waals surface area contributed by atoms with Crippen LogP contribution in [0.25, 0.3) is 0 Å². The van der Waals surface area contributed by atoms with Gasteiger partial charge in [0.25, 0.3) is 5.91 Å². The second-order valence-corrected chi connectivity index (χ2v) is 6.77. The number of nitrogens with zero attached hydrogens (tertiary/aromatic N) is 1. The standard InChI is InChI=1S/C16H24N2O4S/c1-11-9-18(10-12(2)22-11)16(20)13(6-8-23-3)17-15(19)14-5-4-7-21-14/h4-5,7,11-13H,6,8-10H2,1-3H3,(H,17,19)/t11-,12-,13+/m1/s1. The van der Waals surface area contributed by atoms with E-state index < -0.39 is 6.04 Å².